The molecule has 0 aliphatic carbocycles. The first-order valence-electron chi connectivity index (χ1n) is 5.89. The van der Waals surface area contributed by atoms with Crippen LogP contribution in [0.15, 0.2) is 18.3 Å². The Bertz CT molecular complexity index is 433. The third-order valence-electron chi connectivity index (χ3n) is 2.55. The van der Waals surface area contributed by atoms with E-state index in [2.05, 4.69) is 10.3 Å². The molecule has 0 unspecified atom stereocenters. The molecule has 6 heteroatoms. The molecule has 1 saturated heterocycles. The Kier molecular flexibility index (Phi) is 3.91. The second kappa shape index (κ2) is 5.44. The number of nitrogens with zero attached hydrogens (tertiary/aromatic N) is 2. The second-order valence-electron chi connectivity index (χ2n) is 4.54. The molecule has 2 rings (SSSR count). The largest absolute Gasteiger partial charge is 0.470 e. The smallest absolute Gasteiger partial charge is 0.317 e. The van der Waals surface area contributed by atoms with E-state index in [1.165, 1.54) is 0 Å². The average molecular weight is 270 g/mol. The van der Waals surface area contributed by atoms with Crippen LogP contribution in [0.25, 0.3) is 0 Å². The lowest BCUT2D eigenvalue weighted by atomic mass is 10.2. The van der Waals surface area contributed by atoms with E-state index in [1.807, 2.05) is 13.8 Å². The van der Waals surface area contributed by atoms with Crippen molar-refractivity contribution in [2.24, 2.45) is 0 Å². The number of amides is 2. The molecule has 0 radical (unpaired) electrons. The fourth-order valence-electron chi connectivity index (χ4n) is 1.63. The van der Waals surface area contributed by atoms with Crippen molar-refractivity contribution in [1.29, 1.82) is 0 Å². The Morgan fingerprint density at radius 3 is 2.94 bits per heavy atom. The number of pyridine rings is 1. The van der Waals surface area contributed by atoms with Crippen molar-refractivity contribution in [3.05, 3.63) is 23.4 Å². The maximum atomic E-state index is 11.6. The zero-order valence-electron chi connectivity index (χ0n) is 10.4. The molecule has 0 aromatic carbocycles. The maximum absolute atomic E-state index is 11.6. The van der Waals surface area contributed by atoms with Crippen molar-refractivity contribution in [3.8, 4) is 5.88 Å². The Labute approximate surface area is 111 Å². The second-order valence-corrected chi connectivity index (χ2v) is 4.95. The maximum Gasteiger partial charge on any atom is 0.317 e. The highest BCUT2D eigenvalue weighted by Crippen LogP contribution is 2.23. The molecule has 1 aromatic rings. The number of likely N-dealkylation sites (tertiary alicyclic amines) is 1. The van der Waals surface area contributed by atoms with Crippen LogP contribution in [0.5, 0.6) is 5.88 Å². The zero-order valence-corrected chi connectivity index (χ0v) is 11.1. The molecule has 1 N–H and O–H groups in total. The number of ether oxygens (including phenoxy) is 1. The SMILES string of the molecule is CC(C)NC(=O)N1CC(Oc2ncccc2Cl)C1. The van der Waals surface area contributed by atoms with Crippen LogP contribution in [0.2, 0.25) is 5.02 Å². The van der Waals surface area contributed by atoms with Gasteiger partial charge >= 0.3 is 6.03 Å². The van der Waals surface area contributed by atoms with Gasteiger partial charge in [-0.2, -0.15) is 0 Å². The number of carbonyl (C=O) groups is 1. The molecule has 2 heterocycles. The number of aromatic nitrogens is 1. The van der Waals surface area contributed by atoms with Crippen molar-refractivity contribution in [2.45, 2.75) is 26.0 Å². The van der Waals surface area contributed by atoms with Gasteiger partial charge in [-0.25, -0.2) is 9.78 Å². The van der Waals surface area contributed by atoms with Gasteiger partial charge < -0.3 is 15.0 Å². The number of nitrogens with one attached hydrogen (secondary N) is 1. The van der Waals surface area contributed by atoms with Crippen LogP contribution >= 0.6 is 11.6 Å². The molecule has 18 heavy (non-hydrogen) atoms. The van der Waals surface area contributed by atoms with E-state index in [9.17, 15) is 4.79 Å². The third-order valence-corrected chi connectivity index (χ3v) is 2.84. The lowest BCUT2D eigenvalue weighted by Crippen LogP contribution is -2.59. The summed E-state index contributed by atoms with van der Waals surface area (Å²) in [6.45, 7) is 4.98. The van der Waals surface area contributed by atoms with Gasteiger partial charge in [-0.05, 0) is 26.0 Å². The standard InChI is InChI=1S/C12H16ClN3O2/c1-8(2)15-12(17)16-6-9(7-16)18-11-10(13)4-3-5-14-11/h3-5,8-9H,6-7H2,1-2H3,(H,15,17). The minimum Gasteiger partial charge on any atom is -0.470 e. The highest BCUT2D eigenvalue weighted by molar-refractivity contribution is 6.31. The highest BCUT2D eigenvalue weighted by Gasteiger charge is 2.33. The first-order valence-corrected chi connectivity index (χ1v) is 6.26. The lowest BCUT2D eigenvalue weighted by Gasteiger charge is -2.38. The summed E-state index contributed by atoms with van der Waals surface area (Å²) in [4.78, 5) is 17.4. The quantitative estimate of drug-likeness (QED) is 0.912. The Hall–Kier alpha value is -1.49. The van der Waals surface area contributed by atoms with E-state index in [1.54, 1.807) is 23.2 Å². The van der Waals surface area contributed by atoms with E-state index in [0.717, 1.165) is 0 Å². The van der Waals surface area contributed by atoms with Crippen LogP contribution in [-0.4, -0.2) is 41.2 Å². The molecule has 2 amide bonds. The van der Waals surface area contributed by atoms with Gasteiger partial charge in [0.25, 0.3) is 0 Å². The van der Waals surface area contributed by atoms with E-state index in [4.69, 9.17) is 16.3 Å². The molecule has 98 valence electrons. The fraction of sp³-hybridized carbons (Fsp3) is 0.500. The van der Waals surface area contributed by atoms with Crippen molar-refractivity contribution < 1.29 is 9.53 Å². The van der Waals surface area contributed by atoms with Gasteiger partial charge in [0, 0.05) is 12.2 Å². The predicted molar refractivity (Wildman–Crippen MR) is 68.9 cm³/mol. The molecule has 5 nitrogen and oxygen atoms in total. The van der Waals surface area contributed by atoms with Gasteiger partial charge in [0.15, 0.2) is 0 Å². The molecular weight excluding hydrogens is 254 g/mol. The van der Waals surface area contributed by atoms with E-state index in [0.29, 0.717) is 24.0 Å². The van der Waals surface area contributed by atoms with E-state index < -0.39 is 0 Å². The van der Waals surface area contributed by atoms with Crippen molar-refractivity contribution in [3.63, 3.8) is 0 Å². The van der Waals surface area contributed by atoms with Crippen molar-refractivity contribution >= 4 is 17.6 Å². The van der Waals surface area contributed by atoms with Crippen LogP contribution < -0.4 is 10.1 Å². The predicted octanol–water partition coefficient (Wildman–Crippen LogP) is 1.92. The van der Waals surface area contributed by atoms with Crippen molar-refractivity contribution in [2.75, 3.05) is 13.1 Å². The number of hydrogen-bond donors (Lipinski definition) is 1. The molecular formula is C12H16ClN3O2. The molecule has 0 saturated carbocycles. The van der Waals surface area contributed by atoms with E-state index >= 15 is 0 Å². The summed E-state index contributed by atoms with van der Waals surface area (Å²) in [6.07, 6.45) is 1.60. The number of rotatable bonds is 3. The number of hydrogen-bond acceptors (Lipinski definition) is 3. The molecule has 1 aliphatic rings. The molecule has 0 spiro atoms. The summed E-state index contributed by atoms with van der Waals surface area (Å²) >= 11 is 5.94. The minimum atomic E-state index is -0.0584. The molecule has 0 atom stereocenters. The highest BCUT2D eigenvalue weighted by atomic mass is 35.5. The first-order chi connectivity index (χ1) is 8.56. The topological polar surface area (TPSA) is 54.5 Å². The van der Waals surface area contributed by atoms with Gasteiger partial charge in [-0.15, -0.1) is 0 Å². The summed E-state index contributed by atoms with van der Waals surface area (Å²) in [5.41, 5.74) is 0. The van der Waals surface area contributed by atoms with Crippen LogP contribution in [0.4, 0.5) is 4.79 Å². The zero-order chi connectivity index (χ0) is 13.1. The van der Waals surface area contributed by atoms with Gasteiger partial charge in [0.05, 0.1) is 13.1 Å². The van der Waals surface area contributed by atoms with Gasteiger partial charge in [-0.3, -0.25) is 0 Å². The molecule has 1 aliphatic heterocycles. The Balaban J connectivity index is 1.80. The average Bonchev–Trinajstić information content (AvgIpc) is 2.23. The van der Waals surface area contributed by atoms with Gasteiger partial charge in [0.1, 0.15) is 11.1 Å². The first kappa shape index (κ1) is 13.0. The number of halogens is 1. The number of carbonyl (C=O) groups excluding carboxylic acids is 1. The van der Waals surface area contributed by atoms with Gasteiger partial charge in [-0.1, -0.05) is 11.6 Å². The third kappa shape index (κ3) is 3.04. The normalized spacial score (nSPS) is 15.4. The summed E-state index contributed by atoms with van der Waals surface area (Å²) in [7, 11) is 0. The minimum absolute atomic E-state index is 0.0321. The summed E-state index contributed by atoms with van der Waals surface area (Å²) in [5, 5.41) is 3.32. The summed E-state index contributed by atoms with van der Waals surface area (Å²) in [6, 6.07) is 3.56. The fourth-order valence-corrected chi connectivity index (χ4v) is 1.80. The van der Waals surface area contributed by atoms with Crippen LogP contribution in [0.1, 0.15) is 13.8 Å². The van der Waals surface area contributed by atoms with Gasteiger partial charge in [0.2, 0.25) is 5.88 Å². The molecule has 1 fully saturated rings. The van der Waals surface area contributed by atoms with Crippen LogP contribution in [0.3, 0.4) is 0 Å². The Morgan fingerprint density at radius 1 is 1.61 bits per heavy atom. The monoisotopic (exact) mass is 269 g/mol. The summed E-state index contributed by atoms with van der Waals surface area (Å²) < 4.78 is 5.60. The van der Waals surface area contributed by atoms with Crippen LogP contribution in [0, 0.1) is 0 Å². The number of urea groups is 1. The molecule has 1 aromatic heterocycles. The van der Waals surface area contributed by atoms with Crippen molar-refractivity contribution in [1.82, 2.24) is 15.2 Å². The lowest BCUT2D eigenvalue weighted by molar-refractivity contribution is 0.0408. The Morgan fingerprint density at radius 2 is 2.33 bits per heavy atom. The van der Waals surface area contributed by atoms with E-state index in [-0.39, 0.29) is 18.2 Å². The molecule has 0 bridgehead atoms. The summed E-state index contributed by atoms with van der Waals surface area (Å²) in [5.74, 6) is 0.424. The van der Waals surface area contributed by atoms with Crippen LogP contribution in [-0.2, 0) is 0 Å².